The lowest BCUT2D eigenvalue weighted by atomic mass is 10.0. The topological polar surface area (TPSA) is 116 Å². The second kappa shape index (κ2) is 8.36. The Morgan fingerprint density at radius 1 is 1.17 bits per heavy atom. The van der Waals surface area contributed by atoms with E-state index in [-0.39, 0.29) is 29.9 Å². The van der Waals surface area contributed by atoms with Gasteiger partial charge in [-0.25, -0.2) is 9.07 Å². The minimum absolute atomic E-state index is 0.0300. The maximum atomic E-state index is 13.4. The SMILES string of the molecule is Cc1ccc(F)cc1C(=O)NCc1ccc(-c2nn(C(C)C)c(N)c2C(N)=O)cc1. The van der Waals surface area contributed by atoms with Crippen molar-refractivity contribution in [3.05, 3.63) is 70.5 Å². The van der Waals surface area contributed by atoms with Gasteiger partial charge in [-0.1, -0.05) is 30.3 Å². The number of hydrogen-bond acceptors (Lipinski definition) is 4. The molecule has 0 aliphatic heterocycles. The van der Waals surface area contributed by atoms with E-state index in [9.17, 15) is 14.0 Å². The number of aromatic nitrogens is 2. The predicted octanol–water partition coefficient (Wildman–Crippen LogP) is 3.19. The van der Waals surface area contributed by atoms with Crippen LogP contribution in [0.1, 0.15) is 51.7 Å². The lowest BCUT2D eigenvalue weighted by molar-refractivity contribution is 0.0948. The minimum atomic E-state index is -0.642. The van der Waals surface area contributed by atoms with E-state index in [0.717, 1.165) is 5.56 Å². The van der Waals surface area contributed by atoms with Crippen LogP contribution in [0.25, 0.3) is 11.3 Å². The van der Waals surface area contributed by atoms with E-state index in [1.54, 1.807) is 29.8 Å². The van der Waals surface area contributed by atoms with Crippen LogP contribution in [0.2, 0.25) is 0 Å². The molecule has 3 rings (SSSR count). The first-order valence-electron chi connectivity index (χ1n) is 9.50. The van der Waals surface area contributed by atoms with Crippen molar-refractivity contribution in [3.8, 4) is 11.3 Å². The van der Waals surface area contributed by atoms with Crippen molar-refractivity contribution in [2.75, 3.05) is 5.73 Å². The Kier molecular flexibility index (Phi) is 5.86. The van der Waals surface area contributed by atoms with Crippen LogP contribution in [0.4, 0.5) is 10.2 Å². The third-order valence-corrected chi connectivity index (χ3v) is 4.81. The average Bonchev–Trinajstić information content (AvgIpc) is 3.06. The molecule has 0 saturated heterocycles. The number of nitrogen functional groups attached to an aromatic ring is 1. The second-order valence-corrected chi connectivity index (χ2v) is 7.35. The summed E-state index contributed by atoms with van der Waals surface area (Å²) in [5.41, 5.74) is 14.7. The van der Waals surface area contributed by atoms with Gasteiger partial charge in [0.1, 0.15) is 22.9 Å². The molecular formula is C22H24FN5O2. The number of rotatable bonds is 6. The van der Waals surface area contributed by atoms with Gasteiger partial charge in [0.05, 0.1) is 0 Å². The zero-order valence-electron chi connectivity index (χ0n) is 17.1. The molecule has 1 heterocycles. The van der Waals surface area contributed by atoms with Crippen molar-refractivity contribution in [2.45, 2.75) is 33.4 Å². The van der Waals surface area contributed by atoms with E-state index in [4.69, 9.17) is 11.5 Å². The Bertz CT molecular complexity index is 1100. The van der Waals surface area contributed by atoms with Crippen LogP contribution in [-0.2, 0) is 6.54 Å². The first-order valence-corrected chi connectivity index (χ1v) is 9.50. The molecule has 0 atom stereocenters. The smallest absolute Gasteiger partial charge is 0.254 e. The molecule has 0 radical (unpaired) electrons. The van der Waals surface area contributed by atoms with E-state index >= 15 is 0 Å². The first kappa shape index (κ1) is 21.0. The third-order valence-electron chi connectivity index (χ3n) is 4.81. The van der Waals surface area contributed by atoms with Crippen LogP contribution in [0.3, 0.4) is 0 Å². The molecule has 0 bridgehead atoms. The van der Waals surface area contributed by atoms with Crippen molar-refractivity contribution in [3.63, 3.8) is 0 Å². The lowest BCUT2D eigenvalue weighted by Gasteiger charge is -2.09. The molecule has 0 aliphatic rings. The summed E-state index contributed by atoms with van der Waals surface area (Å²) >= 11 is 0. The molecule has 0 unspecified atom stereocenters. The number of nitrogens with one attached hydrogen (secondary N) is 1. The summed E-state index contributed by atoms with van der Waals surface area (Å²) in [5, 5.41) is 7.23. The van der Waals surface area contributed by atoms with Crippen LogP contribution < -0.4 is 16.8 Å². The van der Waals surface area contributed by atoms with Crippen molar-refractivity contribution in [1.29, 1.82) is 0 Å². The molecule has 156 valence electrons. The van der Waals surface area contributed by atoms with E-state index in [2.05, 4.69) is 10.4 Å². The summed E-state index contributed by atoms with van der Waals surface area (Å²) in [6.07, 6.45) is 0. The summed E-state index contributed by atoms with van der Waals surface area (Å²) in [6.45, 7) is 5.83. The van der Waals surface area contributed by atoms with Crippen LogP contribution >= 0.6 is 0 Å². The number of carbonyl (C=O) groups is 2. The summed E-state index contributed by atoms with van der Waals surface area (Å²) in [5.74, 6) is -1.22. The number of carbonyl (C=O) groups excluding carboxylic acids is 2. The van der Waals surface area contributed by atoms with E-state index in [1.165, 1.54) is 12.1 Å². The van der Waals surface area contributed by atoms with Gasteiger partial charge in [-0.05, 0) is 44.0 Å². The summed E-state index contributed by atoms with van der Waals surface area (Å²) < 4.78 is 15.0. The Morgan fingerprint density at radius 2 is 1.83 bits per heavy atom. The highest BCUT2D eigenvalue weighted by molar-refractivity contribution is 6.03. The van der Waals surface area contributed by atoms with Gasteiger partial charge in [0.25, 0.3) is 11.8 Å². The van der Waals surface area contributed by atoms with Gasteiger partial charge >= 0.3 is 0 Å². The monoisotopic (exact) mass is 409 g/mol. The molecule has 3 aromatic rings. The number of benzene rings is 2. The Balaban J connectivity index is 1.79. The number of amides is 2. The van der Waals surface area contributed by atoms with Crippen molar-refractivity contribution >= 4 is 17.6 Å². The van der Waals surface area contributed by atoms with E-state index < -0.39 is 11.7 Å². The van der Waals surface area contributed by atoms with Crippen molar-refractivity contribution < 1.29 is 14.0 Å². The molecule has 30 heavy (non-hydrogen) atoms. The molecule has 0 saturated carbocycles. The third kappa shape index (κ3) is 4.17. The van der Waals surface area contributed by atoms with Crippen molar-refractivity contribution in [1.82, 2.24) is 15.1 Å². The quantitative estimate of drug-likeness (QED) is 0.580. The van der Waals surface area contributed by atoms with Gasteiger partial charge in [0.2, 0.25) is 0 Å². The molecule has 8 heteroatoms. The normalized spacial score (nSPS) is 11.0. The Morgan fingerprint density at radius 3 is 2.43 bits per heavy atom. The van der Waals surface area contributed by atoms with Crippen LogP contribution in [0.5, 0.6) is 0 Å². The second-order valence-electron chi connectivity index (χ2n) is 7.35. The van der Waals surface area contributed by atoms with Gasteiger partial charge in [0, 0.05) is 23.7 Å². The Labute approximate surface area is 173 Å². The molecule has 5 N–H and O–H groups in total. The summed E-state index contributed by atoms with van der Waals surface area (Å²) in [4.78, 5) is 24.2. The number of primary amides is 1. The standard InChI is InChI=1S/C22H24FN5O2/c1-12(2)28-20(24)18(21(25)29)19(27-28)15-7-5-14(6-8-15)11-26-22(30)17-10-16(23)9-4-13(17)3/h4-10,12H,11,24H2,1-3H3,(H2,25,29)(H,26,30). The van der Waals surface area contributed by atoms with Gasteiger partial charge < -0.3 is 16.8 Å². The lowest BCUT2D eigenvalue weighted by Crippen LogP contribution is -2.23. The molecule has 7 nitrogen and oxygen atoms in total. The molecule has 1 aromatic heterocycles. The van der Waals surface area contributed by atoms with Crippen molar-refractivity contribution in [2.24, 2.45) is 5.73 Å². The Hall–Kier alpha value is -3.68. The molecule has 0 fully saturated rings. The molecular weight excluding hydrogens is 385 g/mol. The fourth-order valence-corrected chi connectivity index (χ4v) is 3.18. The highest BCUT2D eigenvalue weighted by atomic mass is 19.1. The largest absolute Gasteiger partial charge is 0.383 e. The maximum absolute atomic E-state index is 13.4. The zero-order valence-corrected chi connectivity index (χ0v) is 17.1. The van der Waals surface area contributed by atoms with Gasteiger partial charge in [-0.2, -0.15) is 5.10 Å². The average molecular weight is 409 g/mol. The first-order chi connectivity index (χ1) is 14.2. The van der Waals surface area contributed by atoms with Gasteiger partial charge in [-0.3, -0.25) is 9.59 Å². The molecule has 2 aromatic carbocycles. The molecule has 2 amide bonds. The molecule has 0 spiro atoms. The zero-order chi connectivity index (χ0) is 22.0. The van der Waals surface area contributed by atoms with Crippen LogP contribution in [0.15, 0.2) is 42.5 Å². The maximum Gasteiger partial charge on any atom is 0.254 e. The van der Waals surface area contributed by atoms with Crippen LogP contribution in [0, 0.1) is 12.7 Å². The number of anilines is 1. The van der Waals surface area contributed by atoms with Crippen LogP contribution in [-0.4, -0.2) is 21.6 Å². The summed E-state index contributed by atoms with van der Waals surface area (Å²) in [7, 11) is 0. The fourth-order valence-electron chi connectivity index (χ4n) is 3.18. The summed E-state index contributed by atoms with van der Waals surface area (Å²) in [6, 6.07) is 11.3. The number of aryl methyl sites for hydroxylation is 1. The minimum Gasteiger partial charge on any atom is -0.383 e. The number of nitrogens with two attached hydrogens (primary N) is 2. The van der Waals surface area contributed by atoms with Gasteiger partial charge in [-0.15, -0.1) is 0 Å². The fraction of sp³-hybridized carbons (Fsp3) is 0.227. The van der Waals surface area contributed by atoms with Gasteiger partial charge in [0.15, 0.2) is 0 Å². The highest BCUT2D eigenvalue weighted by Crippen LogP contribution is 2.29. The van der Waals surface area contributed by atoms with E-state index in [0.29, 0.717) is 22.4 Å². The highest BCUT2D eigenvalue weighted by Gasteiger charge is 2.22. The number of halogens is 1. The molecule has 0 aliphatic carbocycles. The number of nitrogens with zero attached hydrogens (tertiary/aromatic N) is 2. The number of hydrogen-bond donors (Lipinski definition) is 3. The predicted molar refractivity (Wildman–Crippen MR) is 113 cm³/mol. The van der Waals surface area contributed by atoms with E-state index in [1.807, 2.05) is 26.0 Å².